The van der Waals surface area contributed by atoms with Gasteiger partial charge in [-0.1, -0.05) is 6.92 Å². The molecule has 0 bridgehead atoms. The monoisotopic (exact) mass is 304 g/mol. The van der Waals surface area contributed by atoms with Crippen molar-refractivity contribution < 1.29 is 9.84 Å². The van der Waals surface area contributed by atoms with Gasteiger partial charge in [0, 0.05) is 20.1 Å². The predicted molar refractivity (Wildman–Crippen MR) is 71.2 cm³/mol. The molecule has 0 aromatic carbocycles. The molecule has 0 fully saturated rings. The Bertz CT molecular complexity index is 379. The molecule has 0 amide bonds. The van der Waals surface area contributed by atoms with Crippen molar-refractivity contribution in [3.05, 3.63) is 15.9 Å². The average molecular weight is 305 g/mol. The van der Waals surface area contributed by atoms with Crippen LogP contribution in [0.2, 0.25) is 0 Å². The van der Waals surface area contributed by atoms with Crippen molar-refractivity contribution in [2.45, 2.75) is 45.8 Å². The van der Waals surface area contributed by atoms with Crippen molar-refractivity contribution >= 4 is 15.9 Å². The highest BCUT2D eigenvalue weighted by molar-refractivity contribution is 9.10. The van der Waals surface area contributed by atoms with Crippen LogP contribution in [0, 0.1) is 6.92 Å². The quantitative estimate of drug-likeness (QED) is 0.877. The molecular formula is C12H21BrN2O2. The fraction of sp³-hybridized carbons (Fsp3) is 0.750. The largest absolute Gasteiger partial charge is 0.387 e. The van der Waals surface area contributed by atoms with Crippen LogP contribution in [0.15, 0.2) is 4.47 Å². The smallest absolute Gasteiger partial charge is 0.0932 e. The molecule has 0 saturated heterocycles. The molecule has 0 aliphatic heterocycles. The number of aryl methyl sites for hydroxylation is 2. The van der Waals surface area contributed by atoms with E-state index in [4.69, 9.17) is 4.74 Å². The Morgan fingerprint density at radius 2 is 2.12 bits per heavy atom. The van der Waals surface area contributed by atoms with E-state index in [9.17, 15) is 5.11 Å². The van der Waals surface area contributed by atoms with Crippen molar-refractivity contribution in [2.24, 2.45) is 0 Å². The summed E-state index contributed by atoms with van der Waals surface area (Å²) < 4.78 is 8.01. The van der Waals surface area contributed by atoms with E-state index in [0.717, 1.165) is 22.4 Å². The van der Waals surface area contributed by atoms with E-state index in [1.165, 1.54) is 0 Å². The van der Waals surface area contributed by atoms with Gasteiger partial charge in [0.1, 0.15) is 0 Å². The molecule has 1 N–H and O–H groups in total. The second-order valence-corrected chi connectivity index (χ2v) is 5.14. The summed E-state index contributed by atoms with van der Waals surface area (Å²) >= 11 is 3.54. The molecule has 0 saturated carbocycles. The summed E-state index contributed by atoms with van der Waals surface area (Å²) in [6, 6.07) is 0. The molecule has 0 spiro atoms. The van der Waals surface area contributed by atoms with Crippen molar-refractivity contribution in [1.82, 2.24) is 9.78 Å². The first kappa shape index (κ1) is 14.7. The molecule has 0 aliphatic rings. The third-order valence-electron chi connectivity index (χ3n) is 3.02. The Morgan fingerprint density at radius 1 is 1.47 bits per heavy atom. The van der Waals surface area contributed by atoms with Crippen molar-refractivity contribution in [1.29, 1.82) is 0 Å². The van der Waals surface area contributed by atoms with Crippen molar-refractivity contribution in [3.8, 4) is 0 Å². The molecule has 5 heteroatoms. The number of aromatic nitrogens is 2. The minimum absolute atomic E-state index is 0.337. The maximum Gasteiger partial charge on any atom is 0.0932 e. The van der Waals surface area contributed by atoms with Crippen LogP contribution in [-0.4, -0.2) is 34.2 Å². The highest BCUT2D eigenvalue weighted by Gasteiger charge is 2.28. The molecule has 1 atom stereocenters. The van der Waals surface area contributed by atoms with Gasteiger partial charge in [0.25, 0.3) is 0 Å². The lowest BCUT2D eigenvalue weighted by molar-refractivity contribution is -0.0346. The fourth-order valence-electron chi connectivity index (χ4n) is 1.90. The average Bonchev–Trinajstić information content (AvgIpc) is 2.57. The Morgan fingerprint density at radius 3 is 2.59 bits per heavy atom. The van der Waals surface area contributed by atoms with Gasteiger partial charge in [0.15, 0.2) is 0 Å². The van der Waals surface area contributed by atoms with Crippen LogP contribution in [-0.2, 0) is 17.7 Å². The lowest BCUT2D eigenvalue weighted by Gasteiger charge is -2.26. The molecule has 17 heavy (non-hydrogen) atoms. The summed E-state index contributed by atoms with van der Waals surface area (Å²) in [6.07, 6.45) is 1.20. The fourth-order valence-corrected chi connectivity index (χ4v) is 2.32. The Labute approximate surface area is 111 Å². The van der Waals surface area contributed by atoms with Gasteiger partial charge < -0.3 is 9.84 Å². The maximum atomic E-state index is 10.4. The van der Waals surface area contributed by atoms with Gasteiger partial charge in [0.05, 0.1) is 28.1 Å². The van der Waals surface area contributed by atoms with E-state index >= 15 is 0 Å². The lowest BCUT2D eigenvalue weighted by atomic mass is 9.95. The second kappa shape index (κ2) is 5.98. The number of hydrogen-bond donors (Lipinski definition) is 1. The van der Waals surface area contributed by atoms with Crippen molar-refractivity contribution in [2.75, 3.05) is 13.7 Å². The van der Waals surface area contributed by atoms with E-state index in [0.29, 0.717) is 19.4 Å². The third kappa shape index (κ3) is 3.30. The van der Waals surface area contributed by atoms with Gasteiger partial charge in [-0.05, 0) is 36.2 Å². The summed E-state index contributed by atoms with van der Waals surface area (Å²) in [4.78, 5) is 0. The zero-order valence-electron chi connectivity index (χ0n) is 11.0. The Balaban J connectivity index is 3.00. The van der Waals surface area contributed by atoms with Crippen LogP contribution in [0.25, 0.3) is 0 Å². The Hall–Kier alpha value is -0.390. The Kier molecular flexibility index (Phi) is 5.16. The minimum Gasteiger partial charge on any atom is -0.387 e. The molecule has 1 heterocycles. The summed E-state index contributed by atoms with van der Waals surface area (Å²) in [5, 5.41) is 14.9. The van der Waals surface area contributed by atoms with E-state index < -0.39 is 5.60 Å². The first-order chi connectivity index (χ1) is 7.97. The normalized spacial score (nSPS) is 14.9. The molecule has 4 nitrogen and oxygen atoms in total. The minimum atomic E-state index is -0.823. The highest BCUT2D eigenvalue weighted by Crippen LogP contribution is 2.26. The summed E-state index contributed by atoms with van der Waals surface area (Å²) in [5.41, 5.74) is 1.17. The van der Waals surface area contributed by atoms with Crippen LogP contribution in [0.5, 0.6) is 0 Å². The number of hydrogen-bond acceptors (Lipinski definition) is 3. The van der Waals surface area contributed by atoms with Gasteiger partial charge in [-0.2, -0.15) is 5.10 Å². The number of nitrogens with zero attached hydrogens (tertiary/aromatic N) is 2. The number of halogens is 1. The number of aliphatic hydroxyl groups is 1. The molecule has 1 aromatic heterocycles. The summed E-state index contributed by atoms with van der Waals surface area (Å²) in [5.74, 6) is 0. The van der Waals surface area contributed by atoms with E-state index in [2.05, 4.69) is 21.0 Å². The van der Waals surface area contributed by atoms with Gasteiger partial charge in [-0.3, -0.25) is 4.68 Å². The van der Waals surface area contributed by atoms with E-state index in [1.54, 1.807) is 7.11 Å². The lowest BCUT2D eigenvalue weighted by Crippen LogP contribution is -2.36. The molecule has 1 aromatic rings. The maximum absolute atomic E-state index is 10.4. The third-order valence-corrected chi connectivity index (χ3v) is 4.05. The van der Waals surface area contributed by atoms with Crippen LogP contribution in [0.4, 0.5) is 0 Å². The SMILES string of the molecule is CCn1nc(C)c(Br)c1CC(O)(CC)COC. The van der Waals surface area contributed by atoms with Gasteiger partial charge >= 0.3 is 0 Å². The molecule has 98 valence electrons. The summed E-state index contributed by atoms with van der Waals surface area (Å²) in [7, 11) is 1.61. The topological polar surface area (TPSA) is 47.3 Å². The van der Waals surface area contributed by atoms with Gasteiger partial charge in [0.2, 0.25) is 0 Å². The first-order valence-corrected chi connectivity index (χ1v) is 6.69. The molecule has 1 rings (SSSR count). The van der Waals surface area contributed by atoms with Crippen LogP contribution < -0.4 is 0 Å². The van der Waals surface area contributed by atoms with E-state index in [-0.39, 0.29) is 0 Å². The highest BCUT2D eigenvalue weighted by atomic mass is 79.9. The summed E-state index contributed by atoms with van der Waals surface area (Å²) in [6.45, 7) is 7.11. The van der Waals surface area contributed by atoms with Crippen LogP contribution >= 0.6 is 15.9 Å². The number of rotatable bonds is 6. The molecule has 0 aliphatic carbocycles. The van der Waals surface area contributed by atoms with E-state index in [1.807, 2.05) is 25.5 Å². The number of methoxy groups -OCH3 is 1. The van der Waals surface area contributed by atoms with Crippen LogP contribution in [0.3, 0.4) is 0 Å². The second-order valence-electron chi connectivity index (χ2n) is 4.35. The number of ether oxygens (including phenoxy) is 1. The zero-order valence-corrected chi connectivity index (χ0v) is 12.5. The van der Waals surface area contributed by atoms with Gasteiger partial charge in [-0.25, -0.2) is 0 Å². The zero-order chi connectivity index (χ0) is 13.1. The molecular weight excluding hydrogens is 284 g/mol. The standard InChI is InChI=1S/C12H21BrN2O2/c1-5-12(16,8-17-4)7-10-11(13)9(3)14-15(10)6-2/h16H,5-8H2,1-4H3. The van der Waals surface area contributed by atoms with Crippen LogP contribution in [0.1, 0.15) is 31.7 Å². The molecule has 0 radical (unpaired) electrons. The van der Waals surface area contributed by atoms with Gasteiger partial charge in [-0.15, -0.1) is 0 Å². The van der Waals surface area contributed by atoms with Crippen molar-refractivity contribution in [3.63, 3.8) is 0 Å². The first-order valence-electron chi connectivity index (χ1n) is 5.90. The predicted octanol–water partition coefficient (Wildman–Crippen LogP) is 2.30. The molecule has 1 unspecified atom stereocenters.